The van der Waals surface area contributed by atoms with Gasteiger partial charge in [0.2, 0.25) is 15.9 Å². The van der Waals surface area contributed by atoms with Gasteiger partial charge in [0.1, 0.15) is 5.82 Å². The van der Waals surface area contributed by atoms with Gasteiger partial charge in [-0.3, -0.25) is 9.59 Å². The van der Waals surface area contributed by atoms with Gasteiger partial charge in [0.25, 0.3) is 0 Å². The van der Waals surface area contributed by atoms with E-state index in [0.29, 0.717) is 13.0 Å². The highest BCUT2D eigenvalue weighted by Gasteiger charge is 2.38. The van der Waals surface area contributed by atoms with Gasteiger partial charge in [-0.25, -0.2) is 17.5 Å². The number of benzene rings is 1. The van der Waals surface area contributed by atoms with Gasteiger partial charge in [0, 0.05) is 19.6 Å². The molecule has 1 aromatic rings. The Morgan fingerprint density at radius 3 is 2.52 bits per heavy atom. The van der Waals surface area contributed by atoms with E-state index in [1.54, 1.807) is 0 Å². The van der Waals surface area contributed by atoms with Crippen molar-refractivity contribution in [2.75, 3.05) is 19.8 Å². The molecule has 1 amide bonds. The van der Waals surface area contributed by atoms with Gasteiger partial charge in [0.15, 0.2) is 0 Å². The highest BCUT2D eigenvalue weighted by atomic mass is 32.2. The first-order chi connectivity index (χ1) is 11.7. The molecule has 1 aromatic carbocycles. The number of aliphatic carboxylic acids is 1. The topological polar surface area (TPSA) is 122 Å². The van der Waals surface area contributed by atoms with Crippen molar-refractivity contribution in [3.8, 4) is 0 Å². The van der Waals surface area contributed by atoms with Crippen LogP contribution in [0.2, 0.25) is 0 Å². The van der Waals surface area contributed by atoms with Gasteiger partial charge in [-0.15, -0.1) is 0 Å². The maximum absolute atomic E-state index is 12.8. The predicted octanol–water partition coefficient (Wildman–Crippen LogP) is 0.244. The molecule has 1 unspecified atom stereocenters. The van der Waals surface area contributed by atoms with Crippen molar-refractivity contribution < 1.29 is 32.2 Å². The van der Waals surface area contributed by atoms with E-state index in [-0.39, 0.29) is 30.9 Å². The van der Waals surface area contributed by atoms with Crippen molar-refractivity contribution in [2.45, 2.75) is 29.7 Å². The standard InChI is InChI=1S/C15H19FN2O6S/c16-11-1-3-12(4-2-11)25(22,23)17-7-5-13(19)18-15(9-14(20)21)6-8-24-10-15/h1-4,17H,5-10H2,(H,18,19)(H,20,21). The van der Waals surface area contributed by atoms with E-state index in [2.05, 4.69) is 10.0 Å². The largest absolute Gasteiger partial charge is 0.481 e. The SMILES string of the molecule is O=C(O)CC1(NC(=O)CCNS(=O)(=O)c2ccc(F)cc2)CCOC1. The molecular weight excluding hydrogens is 355 g/mol. The Hall–Kier alpha value is -2.04. The van der Waals surface area contributed by atoms with E-state index < -0.39 is 33.3 Å². The summed E-state index contributed by atoms with van der Waals surface area (Å²) in [6.07, 6.45) is -0.0474. The van der Waals surface area contributed by atoms with Crippen LogP contribution in [0.5, 0.6) is 0 Å². The van der Waals surface area contributed by atoms with Crippen molar-refractivity contribution in [3.05, 3.63) is 30.1 Å². The number of carboxylic acids is 1. The van der Waals surface area contributed by atoms with Crippen LogP contribution in [0.15, 0.2) is 29.2 Å². The summed E-state index contributed by atoms with van der Waals surface area (Å²) in [5, 5.41) is 11.6. The maximum atomic E-state index is 12.8. The fourth-order valence-electron chi connectivity index (χ4n) is 2.53. The number of carbonyl (C=O) groups is 2. The number of carbonyl (C=O) groups excluding carboxylic acids is 1. The van der Waals surface area contributed by atoms with Crippen molar-refractivity contribution in [3.63, 3.8) is 0 Å². The number of sulfonamides is 1. The predicted molar refractivity (Wildman–Crippen MR) is 84.8 cm³/mol. The van der Waals surface area contributed by atoms with Crippen molar-refractivity contribution >= 4 is 21.9 Å². The number of amides is 1. The summed E-state index contributed by atoms with van der Waals surface area (Å²) in [5.74, 6) is -2.09. The average molecular weight is 374 g/mol. The molecule has 8 nitrogen and oxygen atoms in total. The minimum atomic E-state index is -3.85. The molecule has 2 rings (SSSR count). The zero-order valence-corrected chi connectivity index (χ0v) is 14.1. The first-order valence-electron chi connectivity index (χ1n) is 7.58. The number of hydrogen-bond acceptors (Lipinski definition) is 5. The van der Waals surface area contributed by atoms with Crippen molar-refractivity contribution in [2.24, 2.45) is 0 Å². The summed E-state index contributed by atoms with van der Waals surface area (Å²) in [6.45, 7) is 0.284. The summed E-state index contributed by atoms with van der Waals surface area (Å²) in [4.78, 5) is 22.8. The lowest BCUT2D eigenvalue weighted by atomic mass is 9.94. The number of carboxylic acid groups (broad SMARTS) is 1. The molecule has 25 heavy (non-hydrogen) atoms. The van der Waals surface area contributed by atoms with Crippen LogP contribution in [0.4, 0.5) is 4.39 Å². The Morgan fingerprint density at radius 1 is 1.28 bits per heavy atom. The minimum Gasteiger partial charge on any atom is -0.481 e. The van der Waals surface area contributed by atoms with Crippen LogP contribution in [0.25, 0.3) is 0 Å². The smallest absolute Gasteiger partial charge is 0.305 e. The molecule has 1 aliphatic heterocycles. The van der Waals surface area contributed by atoms with Crippen LogP contribution >= 0.6 is 0 Å². The number of halogens is 1. The van der Waals surface area contributed by atoms with Crippen molar-refractivity contribution in [1.82, 2.24) is 10.0 Å². The zero-order valence-electron chi connectivity index (χ0n) is 13.3. The van der Waals surface area contributed by atoms with Gasteiger partial charge in [0.05, 0.1) is 23.5 Å². The van der Waals surface area contributed by atoms with E-state index in [1.165, 1.54) is 0 Å². The highest BCUT2D eigenvalue weighted by Crippen LogP contribution is 2.22. The van der Waals surface area contributed by atoms with Crippen LogP contribution < -0.4 is 10.0 Å². The third-order valence-corrected chi connectivity index (χ3v) is 5.24. The Bertz CT molecular complexity index is 729. The fraction of sp³-hybridized carbons (Fsp3) is 0.467. The summed E-state index contributed by atoms with van der Waals surface area (Å²) in [5.41, 5.74) is -0.960. The summed E-state index contributed by atoms with van der Waals surface area (Å²) in [7, 11) is -3.85. The summed E-state index contributed by atoms with van der Waals surface area (Å²) < 4.78 is 44.3. The second-order valence-electron chi connectivity index (χ2n) is 5.80. The normalized spacial score (nSPS) is 20.4. The lowest BCUT2D eigenvalue weighted by molar-refractivity contribution is -0.139. The van der Waals surface area contributed by atoms with E-state index in [4.69, 9.17) is 9.84 Å². The molecule has 1 atom stereocenters. The molecule has 0 radical (unpaired) electrons. The van der Waals surface area contributed by atoms with E-state index in [0.717, 1.165) is 24.3 Å². The Balaban J connectivity index is 1.87. The average Bonchev–Trinajstić information content (AvgIpc) is 2.94. The molecule has 0 bridgehead atoms. The lowest BCUT2D eigenvalue weighted by Gasteiger charge is -2.27. The molecule has 0 aromatic heterocycles. The van der Waals surface area contributed by atoms with Crippen LogP contribution in [-0.2, 0) is 24.3 Å². The van der Waals surface area contributed by atoms with Crippen LogP contribution in [0, 0.1) is 5.82 Å². The van der Waals surface area contributed by atoms with E-state index in [9.17, 15) is 22.4 Å². The first kappa shape index (κ1) is 19.3. The van der Waals surface area contributed by atoms with Crippen molar-refractivity contribution in [1.29, 1.82) is 0 Å². The van der Waals surface area contributed by atoms with Crippen LogP contribution in [0.3, 0.4) is 0 Å². The molecule has 138 valence electrons. The number of ether oxygens (including phenoxy) is 1. The second-order valence-corrected chi connectivity index (χ2v) is 7.57. The molecule has 10 heteroatoms. The molecule has 0 spiro atoms. The fourth-order valence-corrected chi connectivity index (χ4v) is 3.57. The summed E-state index contributed by atoms with van der Waals surface area (Å²) >= 11 is 0. The molecule has 0 aliphatic carbocycles. The Morgan fingerprint density at radius 2 is 1.96 bits per heavy atom. The third-order valence-electron chi connectivity index (χ3n) is 3.77. The minimum absolute atomic E-state index is 0.104. The zero-order chi connectivity index (χ0) is 18.5. The molecular formula is C15H19FN2O6S. The van der Waals surface area contributed by atoms with Gasteiger partial charge in [-0.1, -0.05) is 0 Å². The summed E-state index contributed by atoms with van der Waals surface area (Å²) in [6, 6.07) is 4.29. The van der Waals surface area contributed by atoms with Crippen LogP contribution in [0.1, 0.15) is 19.3 Å². The second kappa shape index (κ2) is 7.89. The van der Waals surface area contributed by atoms with E-state index >= 15 is 0 Å². The number of nitrogens with one attached hydrogen (secondary N) is 2. The van der Waals surface area contributed by atoms with Gasteiger partial charge in [-0.2, -0.15) is 0 Å². The molecule has 1 saturated heterocycles. The third kappa shape index (κ3) is 5.48. The van der Waals surface area contributed by atoms with Gasteiger partial charge in [-0.05, 0) is 30.7 Å². The van der Waals surface area contributed by atoms with Gasteiger partial charge >= 0.3 is 5.97 Å². The highest BCUT2D eigenvalue weighted by molar-refractivity contribution is 7.89. The number of rotatable bonds is 8. The quantitative estimate of drug-likeness (QED) is 0.599. The molecule has 0 saturated carbocycles. The molecule has 1 fully saturated rings. The molecule has 1 aliphatic rings. The molecule has 1 heterocycles. The van der Waals surface area contributed by atoms with Crippen LogP contribution in [-0.4, -0.2) is 50.7 Å². The monoisotopic (exact) mass is 374 g/mol. The van der Waals surface area contributed by atoms with E-state index in [1.807, 2.05) is 0 Å². The molecule has 3 N–H and O–H groups in total. The first-order valence-corrected chi connectivity index (χ1v) is 9.07. The Labute approximate surface area is 144 Å². The lowest BCUT2D eigenvalue weighted by Crippen LogP contribution is -2.51. The van der Waals surface area contributed by atoms with Gasteiger partial charge < -0.3 is 15.2 Å². The Kier molecular flexibility index (Phi) is 6.09. The number of hydrogen-bond donors (Lipinski definition) is 3. The maximum Gasteiger partial charge on any atom is 0.305 e.